The SMILES string of the molecule is C#CC(C)Nc1ccc2c(c1)OCCO2. The van der Waals surface area contributed by atoms with Crippen LogP contribution in [0.1, 0.15) is 6.92 Å². The maximum Gasteiger partial charge on any atom is 0.163 e. The summed E-state index contributed by atoms with van der Waals surface area (Å²) in [4.78, 5) is 0. The lowest BCUT2D eigenvalue weighted by molar-refractivity contribution is 0.171. The fourth-order valence-electron chi connectivity index (χ4n) is 1.42. The predicted molar refractivity (Wildman–Crippen MR) is 59.3 cm³/mol. The topological polar surface area (TPSA) is 30.5 Å². The first-order valence-corrected chi connectivity index (χ1v) is 4.92. The van der Waals surface area contributed by atoms with Crippen LogP contribution in [0.25, 0.3) is 0 Å². The molecule has 78 valence electrons. The maximum atomic E-state index is 5.46. The summed E-state index contributed by atoms with van der Waals surface area (Å²) in [5.41, 5.74) is 0.949. The van der Waals surface area contributed by atoms with Crippen molar-refractivity contribution in [3.8, 4) is 23.8 Å². The minimum Gasteiger partial charge on any atom is -0.486 e. The summed E-state index contributed by atoms with van der Waals surface area (Å²) < 4.78 is 10.9. The van der Waals surface area contributed by atoms with E-state index >= 15 is 0 Å². The van der Waals surface area contributed by atoms with E-state index in [-0.39, 0.29) is 6.04 Å². The number of hydrogen-bond donors (Lipinski definition) is 1. The Morgan fingerprint density at radius 1 is 1.33 bits per heavy atom. The molecular formula is C12H13NO2. The van der Waals surface area contributed by atoms with Gasteiger partial charge in [-0.2, -0.15) is 0 Å². The molecule has 0 radical (unpaired) electrons. The van der Waals surface area contributed by atoms with E-state index in [0.717, 1.165) is 17.2 Å². The van der Waals surface area contributed by atoms with Crippen molar-refractivity contribution in [3.05, 3.63) is 18.2 Å². The lowest BCUT2D eigenvalue weighted by Crippen LogP contribution is -2.16. The third-order valence-corrected chi connectivity index (χ3v) is 2.18. The Kier molecular flexibility index (Phi) is 2.68. The Morgan fingerprint density at radius 2 is 2.07 bits per heavy atom. The van der Waals surface area contributed by atoms with Gasteiger partial charge in [0.25, 0.3) is 0 Å². The molecule has 0 saturated heterocycles. The van der Waals surface area contributed by atoms with Crippen molar-refractivity contribution in [2.45, 2.75) is 13.0 Å². The number of benzene rings is 1. The van der Waals surface area contributed by atoms with E-state index < -0.39 is 0 Å². The van der Waals surface area contributed by atoms with Crippen LogP contribution in [0.2, 0.25) is 0 Å². The normalized spacial score (nSPS) is 15.2. The molecule has 0 aromatic heterocycles. The van der Waals surface area contributed by atoms with Crippen LogP contribution in [0.5, 0.6) is 11.5 Å². The van der Waals surface area contributed by atoms with Gasteiger partial charge in [0.15, 0.2) is 11.5 Å². The van der Waals surface area contributed by atoms with Gasteiger partial charge in [-0.25, -0.2) is 0 Å². The predicted octanol–water partition coefficient (Wildman–Crippen LogP) is 1.89. The number of rotatable bonds is 2. The highest BCUT2D eigenvalue weighted by atomic mass is 16.6. The standard InChI is InChI=1S/C12H13NO2/c1-3-9(2)13-10-4-5-11-12(8-10)15-7-6-14-11/h1,4-5,8-9,13H,6-7H2,2H3. The second-order valence-corrected chi connectivity index (χ2v) is 3.39. The van der Waals surface area contributed by atoms with E-state index in [1.54, 1.807) is 0 Å². The minimum atomic E-state index is 0.00700. The third-order valence-electron chi connectivity index (χ3n) is 2.18. The Hall–Kier alpha value is -1.82. The van der Waals surface area contributed by atoms with Crippen LogP contribution in [-0.4, -0.2) is 19.3 Å². The van der Waals surface area contributed by atoms with Crippen LogP contribution >= 0.6 is 0 Å². The van der Waals surface area contributed by atoms with Crippen LogP contribution in [0.4, 0.5) is 5.69 Å². The Labute approximate surface area is 89.4 Å². The zero-order chi connectivity index (χ0) is 10.7. The Balaban J connectivity index is 2.18. The van der Waals surface area contributed by atoms with Gasteiger partial charge in [-0.15, -0.1) is 6.42 Å². The summed E-state index contributed by atoms with van der Waals surface area (Å²) in [5, 5.41) is 3.17. The van der Waals surface area contributed by atoms with Gasteiger partial charge in [0.2, 0.25) is 0 Å². The number of anilines is 1. The average molecular weight is 203 g/mol. The Morgan fingerprint density at radius 3 is 2.80 bits per heavy atom. The zero-order valence-electron chi connectivity index (χ0n) is 8.62. The summed E-state index contributed by atoms with van der Waals surface area (Å²) in [6, 6.07) is 5.73. The van der Waals surface area contributed by atoms with Crippen LogP contribution in [-0.2, 0) is 0 Å². The van der Waals surface area contributed by atoms with Crippen LogP contribution in [0.3, 0.4) is 0 Å². The smallest absolute Gasteiger partial charge is 0.163 e. The minimum absolute atomic E-state index is 0.00700. The van der Waals surface area contributed by atoms with E-state index in [2.05, 4.69) is 11.2 Å². The van der Waals surface area contributed by atoms with Gasteiger partial charge >= 0.3 is 0 Å². The second kappa shape index (κ2) is 4.14. The number of ether oxygens (including phenoxy) is 2. The molecule has 1 N–H and O–H groups in total. The lowest BCUT2D eigenvalue weighted by Gasteiger charge is -2.19. The van der Waals surface area contributed by atoms with Crippen molar-refractivity contribution in [2.75, 3.05) is 18.5 Å². The molecule has 0 aliphatic carbocycles. The highest BCUT2D eigenvalue weighted by molar-refractivity contribution is 5.56. The van der Waals surface area contributed by atoms with Gasteiger partial charge in [0.05, 0.1) is 6.04 Å². The van der Waals surface area contributed by atoms with Gasteiger partial charge in [0, 0.05) is 11.8 Å². The molecule has 0 fully saturated rings. The summed E-state index contributed by atoms with van der Waals surface area (Å²) in [6.45, 7) is 3.14. The number of hydrogen-bond acceptors (Lipinski definition) is 3. The van der Waals surface area contributed by atoms with E-state index in [1.807, 2.05) is 25.1 Å². The summed E-state index contributed by atoms with van der Waals surface area (Å²) in [6.07, 6.45) is 5.29. The van der Waals surface area contributed by atoms with Crippen LogP contribution in [0, 0.1) is 12.3 Å². The molecule has 2 rings (SSSR count). The largest absolute Gasteiger partial charge is 0.486 e. The fraction of sp³-hybridized carbons (Fsp3) is 0.333. The van der Waals surface area contributed by atoms with E-state index in [4.69, 9.17) is 15.9 Å². The second-order valence-electron chi connectivity index (χ2n) is 3.39. The van der Waals surface area contributed by atoms with Gasteiger partial charge in [-0.05, 0) is 19.1 Å². The molecule has 1 aromatic carbocycles. The molecule has 1 aromatic rings. The van der Waals surface area contributed by atoms with Crippen LogP contribution in [0.15, 0.2) is 18.2 Å². The monoisotopic (exact) mass is 203 g/mol. The molecule has 3 heteroatoms. The average Bonchev–Trinajstić information content (AvgIpc) is 2.29. The van der Waals surface area contributed by atoms with Crippen molar-refractivity contribution < 1.29 is 9.47 Å². The summed E-state index contributed by atoms with van der Waals surface area (Å²) in [5.74, 6) is 4.18. The summed E-state index contributed by atoms with van der Waals surface area (Å²) in [7, 11) is 0. The van der Waals surface area contributed by atoms with Crippen molar-refractivity contribution in [3.63, 3.8) is 0 Å². The number of terminal acetylenes is 1. The van der Waals surface area contributed by atoms with Gasteiger partial charge in [-0.3, -0.25) is 0 Å². The quantitative estimate of drug-likeness (QED) is 0.744. The molecular weight excluding hydrogens is 190 g/mol. The first kappa shape index (κ1) is 9.72. The highest BCUT2D eigenvalue weighted by Crippen LogP contribution is 2.32. The molecule has 1 aliphatic rings. The molecule has 15 heavy (non-hydrogen) atoms. The van der Waals surface area contributed by atoms with Crippen LogP contribution < -0.4 is 14.8 Å². The maximum absolute atomic E-state index is 5.46. The van der Waals surface area contributed by atoms with Gasteiger partial charge in [0.1, 0.15) is 13.2 Å². The van der Waals surface area contributed by atoms with Gasteiger partial charge in [-0.1, -0.05) is 5.92 Å². The molecule has 1 heterocycles. The fourth-order valence-corrected chi connectivity index (χ4v) is 1.42. The zero-order valence-corrected chi connectivity index (χ0v) is 8.62. The molecule has 1 atom stereocenters. The number of fused-ring (bicyclic) bond motifs is 1. The molecule has 1 aliphatic heterocycles. The molecule has 0 spiro atoms. The van der Waals surface area contributed by atoms with Crippen molar-refractivity contribution in [1.29, 1.82) is 0 Å². The molecule has 0 amide bonds. The third kappa shape index (κ3) is 2.16. The van der Waals surface area contributed by atoms with E-state index in [9.17, 15) is 0 Å². The van der Waals surface area contributed by atoms with E-state index in [0.29, 0.717) is 13.2 Å². The lowest BCUT2D eigenvalue weighted by atomic mass is 10.2. The van der Waals surface area contributed by atoms with E-state index in [1.165, 1.54) is 0 Å². The Bertz CT molecular complexity index is 395. The highest BCUT2D eigenvalue weighted by Gasteiger charge is 2.11. The summed E-state index contributed by atoms with van der Waals surface area (Å²) >= 11 is 0. The number of nitrogens with one attached hydrogen (secondary N) is 1. The first-order valence-electron chi connectivity index (χ1n) is 4.92. The van der Waals surface area contributed by atoms with Crippen molar-refractivity contribution in [2.24, 2.45) is 0 Å². The van der Waals surface area contributed by atoms with Crippen molar-refractivity contribution >= 4 is 5.69 Å². The molecule has 1 unspecified atom stereocenters. The van der Waals surface area contributed by atoms with Gasteiger partial charge < -0.3 is 14.8 Å². The molecule has 0 saturated carbocycles. The first-order chi connectivity index (χ1) is 7.29. The molecule has 3 nitrogen and oxygen atoms in total. The molecule has 0 bridgehead atoms. The van der Waals surface area contributed by atoms with Crippen molar-refractivity contribution in [1.82, 2.24) is 0 Å².